The summed E-state index contributed by atoms with van der Waals surface area (Å²) in [5.74, 6) is 0. The highest BCUT2D eigenvalue weighted by atomic mass is 16.6. The van der Waals surface area contributed by atoms with E-state index >= 15 is 0 Å². The minimum absolute atomic E-state index is 0.0279. The van der Waals surface area contributed by atoms with E-state index in [2.05, 4.69) is 0 Å². The Kier molecular flexibility index (Phi) is 1.85. The largest absolute Gasteiger partial charge is 0.376 e. The quantitative estimate of drug-likeness (QED) is 0.540. The van der Waals surface area contributed by atoms with Crippen LogP contribution >= 0.6 is 0 Å². The third kappa shape index (κ3) is 1.06. The number of hydrogen-bond donors (Lipinski definition) is 1. The standard InChI is InChI=1S/C7H13NO3/c1-9-5-3-11-6-4(8)2-10-7(5)6/h4-7H,2-3,8H2,1H3/t4?,5-,6?,7?/m1/s1. The fourth-order valence-electron chi connectivity index (χ4n) is 1.70. The zero-order valence-corrected chi connectivity index (χ0v) is 6.53. The van der Waals surface area contributed by atoms with E-state index in [-0.39, 0.29) is 24.4 Å². The van der Waals surface area contributed by atoms with E-state index in [4.69, 9.17) is 19.9 Å². The molecule has 4 atom stereocenters. The highest BCUT2D eigenvalue weighted by Crippen LogP contribution is 2.27. The zero-order chi connectivity index (χ0) is 7.84. The molecule has 2 saturated heterocycles. The third-order valence-electron chi connectivity index (χ3n) is 2.35. The fraction of sp³-hybridized carbons (Fsp3) is 1.00. The van der Waals surface area contributed by atoms with Gasteiger partial charge in [-0.2, -0.15) is 0 Å². The molecule has 0 aromatic carbocycles. The van der Waals surface area contributed by atoms with Crippen LogP contribution in [0.5, 0.6) is 0 Å². The van der Waals surface area contributed by atoms with Crippen LogP contribution in [0.25, 0.3) is 0 Å². The molecule has 0 amide bonds. The zero-order valence-electron chi connectivity index (χ0n) is 6.53. The summed E-state index contributed by atoms with van der Waals surface area (Å²) in [4.78, 5) is 0. The topological polar surface area (TPSA) is 53.7 Å². The van der Waals surface area contributed by atoms with Crippen molar-refractivity contribution in [3.8, 4) is 0 Å². The number of methoxy groups -OCH3 is 1. The predicted molar refractivity (Wildman–Crippen MR) is 38.3 cm³/mol. The molecule has 0 spiro atoms. The molecule has 2 aliphatic rings. The summed E-state index contributed by atoms with van der Waals surface area (Å²) in [6.45, 7) is 1.20. The van der Waals surface area contributed by atoms with Gasteiger partial charge in [0.1, 0.15) is 18.3 Å². The van der Waals surface area contributed by atoms with E-state index < -0.39 is 0 Å². The Morgan fingerprint density at radius 3 is 2.73 bits per heavy atom. The van der Waals surface area contributed by atoms with Crippen molar-refractivity contribution >= 4 is 0 Å². The molecule has 0 bridgehead atoms. The molecule has 2 aliphatic heterocycles. The summed E-state index contributed by atoms with van der Waals surface area (Å²) >= 11 is 0. The molecule has 0 aromatic rings. The Labute approximate surface area is 65.6 Å². The lowest BCUT2D eigenvalue weighted by atomic mass is 10.1. The van der Waals surface area contributed by atoms with Crippen LogP contribution in [0.1, 0.15) is 0 Å². The van der Waals surface area contributed by atoms with Gasteiger partial charge in [-0.25, -0.2) is 0 Å². The summed E-state index contributed by atoms with van der Waals surface area (Å²) in [5.41, 5.74) is 5.73. The van der Waals surface area contributed by atoms with E-state index in [1.54, 1.807) is 7.11 Å². The Hall–Kier alpha value is -0.160. The van der Waals surface area contributed by atoms with E-state index in [1.807, 2.05) is 0 Å². The summed E-state index contributed by atoms with van der Waals surface area (Å²) in [6, 6.07) is 0.0279. The molecule has 64 valence electrons. The van der Waals surface area contributed by atoms with Gasteiger partial charge < -0.3 is 19.9 Å². The van der Waals surface area contributed by atoms with Crippen LogP contribution in [-0.2, 0) is 14.2 Å². The minimum atomic E-state index is 0.0279. The number of fused-ring (bicyclic) bond motifs is 1. The van der Waals surface area contributed by atoms with Gasteiger partial charge in [-0.3, -0.25) is 0 Å². The van der Waals surface area contributed by atoms with Gasteiger partial charge in [-0.15, -0.1) is 0 Å². The van der Waals surface area contributed by atoms with E-state index in [0.717, 1.165) is 0 Å². The Morgan fingerprint density at radius 2 is 2.00 bits per heavy atom. The van der Waals surface area contributed by atoms with Crippen LogP contribution < -0.4 is 5.73 Å². The van der Waals surface area contributed by atoms with Crippen LogP contribution in [0, 0.1) is 0 Å². The van der Waals surface area contributed by atoms with Crippen LogP contribution in [0.3, 0.4) is 0 Å². The van der Waals surface area contributed by atoms with Crippen molar-refractivity contribution in [3.63, 3.8) is 0 Å². The van der Waals surface area contributed by atoms with E-state index in [1.165, 1.54) is 0 Å². The molecule has 11 heavy (non-hydrogen) atoms. The number of nitrogens with two attached hydrogens (primary N) is 1. The van der Waals surface area contributed by atoms with Crippen LogP contribution in [0.2, 0.25) is 0 Å². The Morgan fingerprint density at radius 1 is 1.27 bits per heavy atom. The lowest BCUT2D eigenvalue weighted by Crippen LogP contribution is -2.36. The highest BCUT2D eigenvalue weighted by Gasteiger charge is 2.46. The Bertz CT molecular complexity index is 153. The van der Waals surface area contributed by atoms with Gasteiger partial charge in [-0.05, 0) is 0 Å². The maximum Gasteiger partial charge on any atom is 0.114 e. The molecule has 0 radical (unpaired) electrons. The second-order valence-corrected chi connectivity index (χ2v) is 3.03. The molecular formula is C7H13NO3. The lowest BCUT2D eigenvalue weighted by Gasteiger charge is -2.13. The van der Waals surface area contributed by atoms with Crippen molar-refractivity contribution in [1.82, 2.24) is 0 Å². The van der Waals surface area contributed by atoms with Crippen molar-refractivity contribution < 1.29 is 14.2 Å². The van der Waals surface area contributed by atoms with Gasteiger partial charge >= 0.3 is 0 Å². The molecular weight excluding hydrogens is 146 g/mol. The van der Waals surface area contributed by atoms with Gasteiger partial charge in [0.2, 0.25) is 0 Å². The van der Waals surface area contributed by atoms with Crippen molar-refractivity contribution in [3.05, 3.63) is 0 Å². The first-order chi connectivity index (χ1) is 5.33. The van der Waals surface area contributed by atoms with Gasteiger partial charge in [0.15, 0.2) is 0 Å². The fourth-order valence-corrected chi connectivity index (χ4v) is 1.70. The SMILES string of the molecule is CO[C@@H]1COC2C(N)COC21. The van der Waals surface area contributed by atoms with Crippen molar-refractivity contribution in [1.29, 1.82) is 0 Å². The predicted octanol–water partition coefficient (Wildman–Crippen LogP) is -0.874. The van der Waals surface area contributed by atoms with E-state index in [0.29, 0.717) is 13.2 Å². The molecule has 4 nitrogen and oxygen atoms in total. The average Bonchev–Trinajstić information content (AvgIpc) is 2.53. The molecule has 2 fully saturated rings. The molecule has 0 saturated carbocycles. The molecule has 0 aliphatic carbocycles. The van der Waals surface area contributed by atoms with Crippen molar-refractivity contribution in [2.75, 3.05) is 20.3 Å². The first-order valence-corrected chi connectivity index (χ1v) is 3.84. The first-order valence-electron chi connectivity index (χ1n) is 3.84. The summed E-state index contributed by atoms with van der Waals surface area (Å²) in [6.07, 6.45) is 0.198. The van der Waals surface area contributed by atoms with E-state index in [9.17, 15) is 0 Å². The second kappa shape index (κ2) is 2.71. The van der Waals surface area contributed by atoms with Crippen LogP contribution in [0.4, 0.5) is 0 Å². The Balaban J connectivity index is 2.04. The summed E-state index contributed by atoms with van der Waals surface area (Å²) in [7, 11) is 1.67. The summed E-state index contributed by atoms with van der Waals surface area (Å²) in [5, 5.41) is 0. The molecule has 2 rings (SSSR count). The van der Waals surface area contributed by atoms with Gasteiger partial charge in [0.25, 0.3) is 0 Å². The van der Waals surface area contributed by atoms with Gasteiger partial charge in [-0.1, -0.05) is 0 Å². The molecule has 2 heterocycles. The van der Waals surface area contributed by atoms with Gasteiger partial charge in [0, 0.05) is 7.11 Å². The average molecular weight is 159 g/mol. The number of rotatable bonds is 1. The molecule has 4 heteroatoms. The second-order valence-electron chi connectivity index (χ2n) is 3.03. The molecule has 2 N–H and O–H groups in total. The normalized spacial score (nSPS) is 49.6. The lowest BCUT2D eigenvalue weighted by molar-refractivity contribution is -0.00777. The third-order valence-corrected chi connectivity index (χ3v) is 2.35. The molecule has 0 aromatic heterocycles. The maximum absolute atomic E-state index is 5.73. The smallest absolute Gasteiger partial charge is 0.114 e. The maximum atomic E-state index is 5.73. The first kappa shape index (κ1) is 7.49. The number of hydrogen-bond acceptors (Lipinski definition) is 4. The molecule has 3 unspecified atom stereocenters. The minimum Gasteiger partial charge on any atom is -0.376 e. The van der Waals surface area contributed by atoms with Gasteiger partial charge in [0.05, 0.1) is 19.3 Å². The van der Waals surface area contributed by atoms with Crippen LogP contribution in [-0.4, -0.2) is 44.7 Å². The monoisotopic (exact) mass is 159 g/mol. The highest BCUT2D eigenvalue weighted by molar-refractivity contribution is 4.96. The van der Waals surface area contributed by atoms with Crippen LogP contribution in [0.15, 0.2) is 0 Å². The number of ether oxygens (including phenoxy) is 3. The van der Waals surface area contributed by atoms with Crippen molar-refractivity contribution in [2.45, 2.75) is 24.4 Å². The summed E-state index contributed by atoms with van der Waals surface area (Å²) < 4.78 is 16.0. The van der Waals surface area contributed by atoms with Crippen molar-refractivity contribution in [2.24, 2.45) is 5.73 Å².